The maximum atomic E-state index is 13.4. The standard InChI is InChI=1S/C26H30FN3O3/c1-19(24-4-3-15-32-24)28-26(31)18-33-25-10-7-21(20-5-8-23(27)9-6-20)16-22(25)17-30-13-11-29(2)12-14-30/h3-10,15-16,19H,11-14,17-18H2,1-2H3,(H,28,31)/t19-/m0/s1. The predicted octanol–water partition coefficient (Wildman–Crippen LogP) is 4.09. The molecule has 2 heterocycles. The molecule has 7 heteroatoms. The highest BCUT2D eigenvalue weighted by Crippen LogP contribution is 2.28. The summed E-state index contributed by atoms with van der Waals surface area (Å²) in [6.45, 7) is 6.48. The summed E-state index contributed by atoms with van der Waals surface area (Å²) in [5, 5.41) is 2.89. The van der Waals surface area contributed by atoms with E-state index in [0.717, 1.165) is 49.4 Å². The minimum atomic E-state index is -0.258. The van der Waals surface area contributed by atoms with E-state index in [1.165, 1.54) is 12.1 Å². The van der Waals surface area contributed by atoms with Crippen LogP contribution in [0.2, 0.25) is 0 Å². The van der Waals surface area contributed by atoms with E-state index in [0.29, 0.717) is 11.5 Å². The van der Waals surface area contributed by atoms with Gasteiger partial charge in [-0.25, -0.2) is 4.39 Å². The van der Waals surface area contributed by atoms with Crippen molar-refractivity contribution in [3.8, 4) is 16.9 Å². The quantitative estimate of drug-likeness (QED) is 0.559. The first kappa shape index (κ1) is 23.0. The molecule has 1 atom stereocenters. The van der Waals surface area contributed by atoms with Gasteiger partial charge in [-0.05, 0) is 61.5 Å². The lowest BCUT2D eigenvalue weighted by Crippen LogP contribution is -2.43. The maximum absolute atomic E-state index is 13.4. The molecule has 174 valence electrons. The van der Waals surface area contributed by atoms with Crippen LogP contribution < -0.4 is 10.1 Å². The molecule has 1 saturated heterocycles. The fourth-order valence-electron chi connectivity index (χ4n) is 3.95. The van der Waals surface area contributed by atoms with E-state index >= 15 is 0 Å². The summed E-state index contributed by atoms with van der Waals surface area (Å²) in [5.74, 6) is 0.904. The second kappa shape index (κ2) is 10.6. The molecule has 1 N–H and O–H groups in total. The molecule has 0 bridgehead atoms. The topological polar surface area (TPSA) is 58.0 Å². The summed E-state index contributed by atoms with van der Waals surface area (Å²) in [7, 11) is 2.13. The van der Waals surface area contributed by atoms with E-state index < -0.39 is 0 Å². The number of piperazine rings is 1. The van der Waals surface area contributed by atoms with Crippen molar-refractivity contribution in [3.63, 3.8) is 0 Å². The van der Waals surface area contributed by atoms with E-state index in [2.05, 4.69) is 28.2 Å². The summed E-state index contributed by atoms with van der Waals surface area (Å²) >= 11 is 0. The van der Waals surface area contributed by atoms with Gasteiger partial charge in [0.1, 0.15) is 17.3 Å². The van der Waals surface area contributed by atoms with Crippen LogP contribution in [0, 0.1) is 5.82 Å². The van der Waals surface area contributed by atoms with Gasteiger partial charge in [0.15, 0.2) is 6.61 Å². The van der Waals surface area contributed by atoms with E-state index in [4.69, 9.17) is 9.15 Å². The molecule has 0 radical (unpaired) electrons. The number of carbonyl (C=O) groups is 1. The van der Waals surface area contributed by atoms with Crippen LogP contribution in [-0.2, 0) is 11.3 Å². The lowest BCUT2D eigenvalue weighted by atomic mass is 10.0. The molecule has 1 amide bonds. The van der Waals surface area contributed by atoms with Crippen molar-refractivity contribution >= 4 is 5.91 Å². The highest BCUT2D eigenvalue weighted by Gasteiger charge is 2.18. The zero-order valence-corrected chi connectivity index (χ0v) is 19.1. The second-order valence-electron chi connectivity index (χ2n) is 8.50. The molecule has 1 aliphatic heterocycles. The second-order valence-corrected chi connectivity index (χ2v) is 8.50. The molecule has 1 fully saturated rings. The highest BCUT2D eigenvalue weighted by molar-refractivity contribution is 5.78. The van der Waals surface area contributed by atoms with Gasteiger partial charge in [0.05, 0.1) is 12.3 Å². The zero-order chi connectivity index (χ0) is 23.2. The third-order valence-corrected chi connectivity index (χ3v) is 5.93. The molecule has 33 heavy (non-hydrogen) atoms. The predicted molar refractivity (Wildman–Crippen MR) is 125 cm³/mol. The van der Waals surface area contributed by atoms with Crippen molar-refractivity contribution in [2.45, 2.75) is 19.5 Å². The molecule has 4 rings (SSSR count). The average Bonchev–Trinajstić information content (AvgIpc) is 3.35. The fourth-order valence-corrected chi connectivity index (χ4v) is 3.95. The Hall–Kier alpha value is -3.16. The van der Waals surface area contributed by atoms with Crippen molar-refractivity contribution in [2.75, 3.05) is 39.8 Å². The number of ether oxygens (including phenoxy) is 1. The molecule has 2 aromatic carbocycles. The molecular weight excluding hydrogens is 421 g/mol. The van der Waals surface area contributed by atoms with Crippen LogP contribution in [0.4, 0.5) is 4.39 Å². The van der Waals surface area contributed by atoms with Crippen LogP contribution in [0.3, 0.4) is 0 Å². The van der Waals surface area contributed by atoms with Crippen LogP contribution in [-0.4, -0.2) is 55.5 Å². The van der Waals surface area contributed by atoms with Gasteiger partial charge in [-0.3, -0.25) is 9.69 Å². The summed E-state index contributed by atoms with van der Waals surface area (Å²) < 4.78 is 24.7. The first-order valence-electron chi connectivity index (χ1n) is 11.2. The number of amides is 1. The van der Waals surface area contributed by atoms with Crippen molar-refractivity contribution in [1.82, 2.24) is 15.1 Å². The summed E-state index contributed by atoms with van der Waals surface area (Å²) in [4.78, 5) is 17.1. The highest BCUT2D eigenvalue weighted by atomic mass is 19.1. The van der Waals surface area contributed by atoms with Gasteiger partial charge in [0.25, 0.3) is 5.91 Å². The van der Waals surface area contributed by atoms with Crippen LogP contribution >= 0.6 is 0 Å². The Bertz CT molecular complexity index is 1050. The Labute approximate surface area is 193 Å². The number of hydrogen-bond donors (Lipinski definition) is 1. The number of halogens is 1. The third-order valence-electron chi connectivity index (χ3n) is 5.93. The number of furan rings is 1. The first-order chi connectivity index (χ1) is 16.0. The Morgan fingerprint density at radius 1 is 1.09 bits per heavy atom. The van der Waals surface area contributed by atoms with Crippen molar-refractivity contribution in [1.29, 1.82) is 0 Å². The third kappa shape index (κ3) is 6.21. The van der Waals surface area contributed by atoms with Crippen LogP contribution in [0.25, 0.3) is 11.1 Å². The van der Waals surface area contributed by atoms with Crippen molar-refractivity contribution in [3.05, 3.63) is 78.0 Å². The number of rotatable bonds is 8. The SMILES string of the molecule is C[C@H](NC(=O)COc1ccc(-c2ccc(F)cc2)cc1CN1CCN(C)CC1)c1ccco1. The average molecular weight is 452 g/mol. The molecule has 3 aromatic rings. The lowest BCUT2D eigenvalue weighted by molar-refractivity contribution is -0.123. The van der Waals surface area contributed by atoms with Gasteiger partial charge >= 0.3 is 0 Å². The van der Waals surface area contributed by atoms with E-state index in [1.807, 2.05) is 25.1 Å². The number of carbonyl (C=O) groups excluding carboxylic acids is 1. The zero-order valence-electron chi connectivity index (χ0n) is 19.1. The van der Waals surface area contributed by atoms with Gasteiger partial charge < -0.3 is 19.4 Å². The number of hydrogen-bond acceptors (Lipinski definition) is 5. The number of likely N-dealkylation sites (N-methyl/N-ethyl adjacent to an activating group) is 1. The molecular formula is C26H30FN3O3. The molecule has 1 aliphatic rings. The van der Waals surface area contributed by atoms with Gasteiger partial charge in [0, 0.05) is 38.3 Å². The summed E-state index contributed by atoms with van der Waals surface area (Å²) in [5.41, 5.74) is 2.93. The van der Waals surface area contributed by atoms with Gasteiger partial charge in [-0.1, -0.05) is 18.2 Å². The molecule has 1 aromatic heterocycles. The summed E-state index contributed by atoms with van der Waals surface area (Å²) in [6, 6.07) is 15.8. The van der Waals surface area contributed by atoms with Crippen molar-refractivity contribution in [2.24, 2.45) is 0 Å². The molecule has 0 spiro atoms. The monoisotopic (exact) mass is 451 g/mol. The Morgan fingerprint density at radius 2 is 1.82 bits per heavy atom. The minimum absolute atomic E-state index is 0.0866. The first-order valence-corrected chi connectivity index (χ1v) is 11.2. The molecule has 0 saturated carbocycles. The van der Waals surface area contributed by atoms with E-state index in [1.54, 1.807) is 24.5 Å². The lowest BCUT2D eigenvalue weighted by Gasteiger charge is -2.32. The number of nitrogens with one attached hydrogen (secondary N) is 1. The van der Waals surface area contributed by atoms with E-state index in [9.17, 15) is 9.18 Å². The van der Waals surface area contributed by atoms with Gasteiger partial charge in [0.2, 0.25) is 0 Å². The molecule has 0 unspecified atom stereocenters. The Balaban J connectivity index is 1.47. The normalized spacial score (nSPS) is 15.8. The maximum Gasteiger partial charge on any atom is 0.258 e. The van der Waals surface area contributed by atoms with Crippen LogP contribution in [0.1, 0.15) is 24.3 Å². The molecule has 0 aliphatic carbocycles. The number of benzene rings is 2. The van der Waals surface area contributed by atoms with Gasteiger partial charge in [-0.15, -0.1) is 0 Å². The van der Waals surface area contributed by atoms with Gasteiger partial charge in [-0.2, -0.15) is 0 Å². The van der Waals surface area contributed by atoms with Crippen molar-refractivity contribution < 1.29 is 18.3 Å². The minimum Gasteiger partial charge on any atom is -0.483 e. The van der Waals surface area contributed by atoms with Crippen LogP contribution in [0.15, 0.2) is 65.3 Å². The Morgan fingerprint density at radius 3 is 2.52 bits per heavy atom. The largest absolute Gasteiger partial charge is 0.483 e. The summed E-state index contributed by atoms with van der Waals surface area (Å²) in [6.07, 6.45) is 1.59. The number of nitrogens with zero attached hydrogens (tertiary/aromatic N) is 2. The van der Waals surface area contributed by atoms with Crippen LogP contribution in [0.5, 0.6) is 5.75 Å². The Kier molecular flexibility index (Phi) is 7.42. The van der Waals surface area contributed by atoms with E-state index in [-0.39, 0.29) is 24.4 Å². The fraction of sp³-hybridized carbons (Fsp3) is 0.346. The molecule has 6 nitrogen and oxygen atoms in total. The smallest absolute Gasteiger partial charge is 0.258 e.